The Morgan fingerprint density at radius 2 is 1.87 bits per heavy atom. The zero-order valence-corrected chi connectivity index (χ0v) is 23.7. The smallest absolute Gasteiger partial charge is 0.414 e. The second kappa shape index (κ2) is 11.2. The van der Waals surface area contributed by atoms with E-state index in [9.17, 15) is 14.7 Å². The molecule has 1 amide bonds. The molecular formula is C30H36ClN3O5. The number of halogens is 1. The minimum atomic E-state index is -0.913. The van der Waals surface area contributed by atoms with E-state index in [1.54, 1.807) is 18.1 Å². The first-order chi connectivity index (χ1) is 18.7. The summed E-state index contributed by atoms with van der Waals surface area (Å²) in [6.45, 7) is 3.92. The van der Waals surface area contributed by atoms with Crippen molar-refractivity contribution >= 4 is 40.4 Å². The molecule has 2 aliphatic rings. The van der Waals surface area contributed by atoms with E-state index < -0.39 is 11.9 Å². The molecule has 2 aromatic carbocycles. The van der Waals surface area contributed by atoms with Gasteiger partial charge in [-0.25, -0.2) is 9.78 Å². The molecule has 2 heterocycles. The van der Waals surface area contributed by atoms with Crippen LogP contribution < -0.4 is 4.90 Å². The van der Waals surface area contributed by atoms with Crippen LogP contribution in [0, 0.1) is 6.92 Å². The summed E-state index contributed by atoms with van der Waals surface area (Å²) < 4.78 is 13.0. The van der Waals surface area contributed by atoms with Gasteiger partial charge in [-0.2, -0.15) is 0 Å². The Balaban J connectivity index is 1.63. The third-order valence-electron chi connectivity index (χ3n) is 8.52. The first-order valence-electron chi connectivity index (χ1n) is 13.6. The van der Waals surface area contributed by atoms with Gasteiger partial charge in [0.1, 0.15) is 5.82 Å². The van der Waals surface area contributed by atoms with Gasteiger partial charge in [-0.15, -0.1) is 0 Å². The van der Waals surface area contributed by atoms with Gasteiger partial charge in [0.15, 0.2) is 0 Å². The van der Waals surface area contributed by atoms with Crippen molar-refractivity contribution in [1.82, 2.24) is 9.55 Å². The number of carboxylic acids is 1. The minimum absolute atomic E-state index is 0.0101. The summed E-state index contributed by atoms with van der Waals surface area (Å²) in [7, 11) is 3.15. The maximum atomic E-state index is 12.7. The van der Waals surface area contributed by atoms with Gasteiger partial charge in [0.2, 0.25) is 0 Å². The Hall–Kier alpha value is -3.10. The standard InChI is InChI=1S/C30H36ClN3O5/c1-17-5-7-19(15-24(17)31)23(29(35)36)16-27-32-28-22-12-6-18(2)33(30(37)39-4)25(22)13-14-26(28)34(27)20-8-10-21(38-3)11-9-20/h5,7,13-15,18,20-21,23H,6,8-12,16H2,1-4H3,(H,35,36)/t18-,20-,21-,23?/m0/s1. The molecule has 1 unspecified atom stereocenters. The van der Waals surface area contributed by atoms with Crippen LogP contribution in [0.4, 0.5) is 10.5 Å². The van der Waals surface area contributed by atoms with E-state index >= 15 is 0 Å². The van der Waals surface area contributed by atoms with Gasteiger partial charge in [-0.05, 0) is 81.7 Å². The average molecular weight is 554 g/mol. The lowest BCUT2D eigenvalue weighted by Gasteiger charge is -2.34. The van der Waals surface area contributed by atoms with Crippen molar-refractivity contribution in [1.29, 1.82) is 0 Å². The number of aliphatic carboxylic acids is 1. The number of anilines is 1. The molecule has 39 heavy (non-hydrogen) atoms. The van der Waals surface area contributed by atoms with Crippen molar-refractivity contribution in [3.05, 3.63) is 57.9 Å². The highest BCUT2D eigenvalue weighted by molar-refractivity contribution is 6.31. The van der Waals surface area contributed by atoms with E-state index in [1.165, 1.54) is 7.11 Å². The van der Waals surface area contributed by atoms with Crippen molar-refractivity contribution in [2.24, 2.45) is 0 Å². The first-order valence-corrected chi connectivity index (χ1v) is 14.0. The first kappa shape index (κ1) is 27.5. The topological polar surface area (TPSA) is 93.9 Å². The average Bonchev–Trinajstić information content (AvgIpc) is 3.31. The normalized spacial score (nSPS) is 22.0. The van der Waals surface area contributed by atoms with Crippen molar-refractivity contribution < 1.29 is 24.2 Å². The third-order valence-corrected chi connectivity index (χ3v) is 8.93. The molecule has 208 valence electrons. The quantitative estimate of drug-likeness (QED) is 0.377. The number of nitrogens with zero attached hydrogens (tertiary/aromatic N) is 3. The maximum absolute atomic E-state index is 12.7. The zero-order valence-electron chi connectivity index (χ0n) is 22.9. The van der Waals surface area contributed by atoms with Gasteiger partial charge < -0.3 is 19.1 Å². The summed E-state index contributed by atoms with van der Waals surface area (Å²) >= 11 is 6.38. The van der Waals surface area contributed by atoms with Crippen LogP contribution in [0.1, 0.15) is 73.5 Å². The molecule has 8 nitrogen and oxygen atoms in total. The number of carbonyl (C=O) groups is 2. The Kier molecular flexibility index (Phi) is 7.87. The van der Waals surface area contributed by atoms with Crippen LogP contribution >= 0.6 is 11.6 Å². The molecular weight excluding hydrogens is 518 g/mol. The van der Waals surface area contributed by atoms with Crippen LogP contribution in [-0.2, 0) is 27.1 Å². The zero-order chi connectivity index (χ0) is 27.8. The second-order valence-corrected chi connectivity index (χ2v) is 11.2. The molecule has 1 aliphatic carbocycles. The van der Waals surface area contributed by atoms with Crippen molar-refractivity contribution in [2.75, 3.05) is 19.1 Å². The molecule has 0 spiro atoms. The van der Waals surface area contributed by atoms with Crippen LogP contribution in [0.5, 0.6) is 0 Å². The molecule has 1 N–H and O–H groups in total. The van der Waals surface area contributed by atoms with Crippen LogP contribution in [0.3, 0.4) is 0 Å². The van der Waals surface area contributed by atoms with E-state index in [-0.39, 0.29) is 30.7 Å². The summed E-state index contributed by atoms with van der Waals surface area (Å²) in [5, 5.41) is 10.8. The molecule has 0 radical (unpaired) electrons. The number of imidazole rings is 1. The van der Waals surface area contributed by atoms with E-state index in [0.29, 0.717) is 10.6 Å². The maximum Gasteiger partial charge on any atom is 0.414 e. The Bertz CT molecular complexity index is 1390. The number of rotatable bonds is 6. The predicted molar refractivity (Wildman–Crippen MR) is 151 cm³/mol. The number of carboxylic acid groups (broad SMARTS) is 1. The van der Waals surface area contributed by atoms with Gasteiger partial charge >= 0.3 is 12.1 Å². The van der Waals surface area contributed by atoms with Crippen LogP contribution in [0.2, 0.25) is 5.02 Å². The van der Waals surface area contributed by atoms with Gasteiger partial charge in [-0.1, -0.05) is 23.7 Å². The van der Waals surface area contributed by atoms with Gasteiger partial charge in [0.25, 0.3) is 0 Å². The van der Waals surface area contributed by atoms with Gasteiger partial charge in [0, 0.05) is 36.2 Å². The molecule has 0 saturated heterocycles. The lowest BCUT2D eigenvalue weighted by molar-refractivity contribution is -0.138. The van der Waals surface area contributed by atoms with E-state index in [0.717, 1.165) is 72.2 Å². The fourth-order valence-corrected chi connectivity index (χ4v) is 6.46. The highest BCUT2D eigenvalue weighted by Crippen LogP contribution is 2.40. The lowest BCUT2D eigenvalue weighted by atomic mass is 9.91. The SMILES string of the molecule is COC(=O)N1c2ccc3c(nc(CC(C(=O)O)c4ccc(C)c(Cl)c4)n3[C@H]3CC[C@H](OC)CC3)c2CC[C@@H]1C. The summed E-state index contributed by atoms with van der Waals surface area (Å²) in [5.41, 5.74) is 5.20. The number of aryl methyl sites for hydroxylation is 2. The number of hydrogen-bond acceptors (Lipinski definition) is 5. The Morgan fingerprint density at radius 3 is 2.51 bits per heavy atom. The highest BCUT2D eigenvalue weighted by Gasteiger charge is 2.34. The minimum Gasteiger partial charge on any atom is -0.481 e. The molecule has 5 rings (SSSR count). The number of carbonyl (C=O) groups excluding carboxylic acids is 1. The van der Waals surface area contributed by atoms with Crippen molar-refractivity contribution in [3.63, 3.8) is 0 Å². The predicted octanol–water partition coefficient (Wildman–Crippen LogP) is 6.45. The van der Waals surface area contributed by atoms with Gasteiger partial charge in [-0.3, -0.25) is 9.69 Å². The summed E-state index contributed by atoms with van der Waals surface area (Å²) in [4.78, 5) is 32.1. The highest BCUT2D eigenvalue weighted by atomic mass is 35.5. The van der Waals surface area contributed by atoms with E-state index in [4.69, 9.17) is 26.1 Å². The number of aromatic nitrogens is 2. The molecule has 9 heteroatoms. The van der Waals surface area contributed by atoms with Crippen molar-refractivity contribution in [3.8, 4) is 0 Å². The van der Waals surface area contributed by atoms with E-state index in [1.807, 2.05) is 38.1 Å². The molecule has 1 saturated carbocycles. The fraction of sp³-hybridized carbons (Fsp3) is 0.500. The number of fused-ring (bicyclic) bond motifs is 3. The second-order valence-electron chi connectivity index (χ2n) is 10.8. The molecule has 1 fully saturated rings. The Morgan fingerprint density at radius 1 is 1.13 bits per heavy atom. The Labute approximate surface area is 233 Å². The van der Waals surface area contributed by atoms with Gasteiger partial charge in [0.05, 0.1) is 35.9 Å². The molecule has 0 bridgehead atoms. The largest absolute Gasteiger partial charge is 0.481 e. The fourth-order valence-electron chi connectivity index (χ4n) is 6.27. The molecule has 3 aromatic rings. The summed E-state index contributed by atoms with van der Waals surface area (Å²) in [5.74, 6) is -0.965. The number of ether oxygens (including phenoxy) is 2. The van der Waals surface area contributed by atoms with Crippen molar-refractivity contribution in [2.45, 2.75) is 82.9 Å². The van der Waals surface area contributed by atoms with Crippen LogP contribution in [0.25, 0.3) is 11.0 Å². The molecule has 2 atom stereocenters. The molecule has 1 aliphatic heterocycles. The van der Waals surface area contributed by atoms with Crippen LogP contribution in [-0.4, -0.2) is 53.1 Å². The number of benzene rings is 2. The monoisotopic (exact) mass is 553 g/mol. The van der Waals surface area contributed by atoms with E-state index in [2.05, 4.69) is 4.57 Å². The molecule has 1 aromatic heterocycles. The summed E-state index contributed by atoms with van der Waals surface area (Å²) in [6, 6.07) is 9.67. The number of methoxy groups -OCH3 is 2. The summed E-state index contributed by atoms with van der Waals surface area (Å²) in [6.07, 6.45) is 5.39. The van der Waals surface area contributed by atoms with Crippen LogP contribution in [0.15, 0.2) is 30.3 Å². The number of hydrogen-bond donors (Lipinski definition) is 1. The third kappa shape index (κ3) is 5.12. The lowest BCUT2D eigenvalue weighted by Crippen LogP contribution is -2.42. The number of amides is 1.